The topological polar surface area (TPSA) is 73.5 Å². The third kappa shape index (κ3) is 3.58. The molecule has 4 heteroatoms. The van der Waals surface area contributed by atoms with Crippen LogP contribution >= 0.6 is 0 Å². The van der Waals surface area contributed by atoms with Gasteiger partial charge in [-0.3, -0.25) is 5.41 Å². The molecule has 0 amide bonds. The highest BCUT2D eigenvalue weighted by molar-refractivity contribution is 5.73. The molecule has 0 saturated heterocycles. The Labute approximate surface area is 47.2 Å². The number of aliphatic hydroxyl groups is 2. The van der Waals surface area contributed by atoms with E-state index in [0.717, 1.165) is 0 Å². The number of hydrogen-bond acceptors (Lipinski definition) is 4. The third-order valence-corrected chi connectivity index (χ3v) is 0.511. The lowest BCUT2D eigenvalue weighted by molar-refractivity contribution is 0.178. The molecule has 0 rings (SSSR count). The largest absolute Gasteiger partial charge is 0.477 e. The summed E-state index contributed by atoms with van der Waals surface area (Å²) in [5.41, 5.74) is 0. The molecular weight excluding hydrogens is 110 g/mol. The van der Waals surface area contributed by atoms with E-state index in [-0.39, 0.29) is 19.1 Å². The van der Waals surface area contributed by atoms with Gasteiger partial charge in [0.1, 0.15) is 13.2 Å². The molecule has 0 bridgehead atoms. The van der Waals surface area contributed by atoms with Gasteiger partial charge in [0, 0.05) is 0 Å². The van der Waals surface area contributed by atoms with E-state index >= 15 is 0 Å². The number of ether oxygens (including phenoxy) is 1. The summed E-state index contributed by atoms with van der Waals surface area (Å²) >= 11 is 0. The van der Waals surface area contributed by atoms with Crippen molar-refractivity contribution in [3.8, 4) is 0 Å². The van der Waals surface area contributed by atoms with Crippen molar-refractivity contribution in [2.75, 3.05) is 19.8 Å². The summed E-state index contributed by atoms with van der Waals surface area (Å²) in [6.07, 6.45) is 0. The fourth-order valence-corrected chi connectivity index (χ4v) is 0.214. The van der Waals surface area contributed by atoms with E-state index in [2.05, 4.69) is 4.74 Å². The van der Waals surface area contributed by atoms with Crippen LogP contribution < -0.4 is 0 Å². The van der Waals surface area contributed by atoms with Crippen molar-refractivity contribution < 1.29 is 14.9 Å². The maximum atomic E-state index is 8.13. The predicted molar refractivity (Wildman–Crippen MR) is 27.9 cm³/mol. The van der Waals surface area contributed by atoms with Crippen LogP contribution in [0.2, 0.25) is 0 Å². The van der Waals surface area contributed by atoms with E-state index in [4.69, 9.17) is 15.6 Å². The van der Waals surface area contributed by atoms with Gasteiger partial charge in [-0.25, -0.2) is 0 Å². The van der Waals surface area contributed by atoms with E-state index < -0.39 is 6.61 Å². The molecular formula is C4H9NO3. The van der Waals surface area contributed by atoms with E-state index in [1.165, 1.54) is 0 Å². The molecule has 0 aliphatic rings. The van der Waals surface area contributed by atoms with Crippen LogP contribution in [-0.2, 0) is 4.74 Å². The first-order chi connectivity index (χ1) is 3.81. The van der Waals surface area contributed by atoms with Gasteiger partial charge in [0.05, 0.1) is 6.61 Å². The highest BCUT2D eigenvalue weighted by atomic mass is 16.5. The summed E-state index contributed by atoms with van der Waals surface area (Å²) in [5, 5.41) is 22.9. The van der Waals surface area contributed by atoms with Crippen LogP contribution in [-0.4, -0.2) is 35.9 Å². The lowest BCUT2D eigenvalue weighted by atomic mass is 10.7. The summed E-state index contributed by atoms with van der Waals surface area (Å²) < 4.78 is 4.42. The second kappa shape index (κ2) is 4.55. The monoisotopic (exact) mass is 119 g/mol. The van der Waals surface area contributed by atoms with Crippen molar-refractivity contribution in [2.45, 2.75) is 0 Å². The highest BCUT2D eigenvalue weighted by Crippen LogP contribution is 1.73. The molecule has 0 heterocycles. The number of rotatable bonds is 3. The summed E-state index contributed by atoms with van der Waals surface area (Å²) in [6, 6.07) is 0. The minimum absolute atomic E-state index is 0.0827. The number of aliphatic hydroxyl groups excluding tert-OH is 2. The van der Waals surface area contributed by atoms with Crippen molar-refractivity contribution in [3.63, 3.8) is 0 Å². The number of nitrogens with one attached hydrogen (secondary N) is 1. The van der Waals surface area contributed by atoms with Gasteiger partial charge in [0.2, 0.25) is 5.90 Å². The normalized spacial score (nSPS) is 8.75. The quantitative estimate of drug-likeness (QED) is 0.328. The Bertz CT molecular complexity index is 73.7. The van der Waals surface area contributed by atoms with Gasteiger partial charge in [-0.1, -0.05) is 0 Å². The molecule has 0 aromatic rings. The first-order valence-electron chi connectivity index (χ1n) is 2.23. The van der Waals surface area contributed by atoms with Gasteiger partial charge in [-0.05, 0) is 0 Å². The van der Waals surface area contributed by atoms with Crippen LogP contribution in [0.5, 0.6) is 0 Å². The summed E-state index contributed by atoms with van der Waals surface area (Å²) in [7, 11) is 0. The molecule has 0 unspecified atom stereocenters. The van der Waals surface area contributed by atoms with E-state index in [9.17, 15) is 0 Å². The Morgan fingerprint density at radius 1 is 1.50 bits per heavy atom. The highest BCUT2D eigenvalue weighted by Gasteiger charge is 1.90. The van der Waals surface area contributed by atoms with Gasteiger partial charge in [-0.15, -0.1) is 0 Å². The van der Waals surface area contributed by atoms with Gasteiger partial charge in [0.15, 0.2) is 0 Å². The van der Waals surface area contributed by atoms with Crippen LogP contribution in [0.3, 0.4) is 0 Å². The molecule has 0 saturated carbocycles. The van der Waals surface area contributed by atoms with Crippen LogP contribution in [0.15, 0.2) is 0 Å². The minimum Gasteiger partial charge on any atom is -0.477 e. The summed E-state index contributed by atoms with van der Waals surface area (Å²) in [6.45, 7) is -0.443. The van der Waals surface area contributed by atoms with E-state index in [1.54, 1.807) is 0 Å². The Morgan fingerprint density at radius 3 is 2.50 bits per heavy atom. The Kier molecular flexibility index (Phi) is 4.20. The predicted octanol–water partition coefficient (Wildman–Crippen LogP) is -1.04. The van der Waals surface area contributed by atoms with E-state index in [1.807, 2.05) is 0 Å². The lowest BCUT2D eigenvalue weighted by Gasteiger charge is -1.99. The average Bonchev–Trinajstić information content (AvgIpc) is 1.83. The van der Waals surface area contributed by atoms with Crippen LogP contribution in [0, 0.1) is 5.41 Å². The Balaban J connectivity index is 2.99. The first kappa shape index (κ1) is 7.39. The second-order valence-electron chi connectivity index (χ2n) is 1.15. The number of hydrogen-bond donors (Lipinski definition) is 3. The third-order valence-electron chi connectivity index (χ3n) is 0.511. The molecule has 0 aliphatic carbocycles. The van der Waals surface area contributed by atoms with Crippen molar-refractivity contribution in [3.05, 3.63) is 0 Å². The van der Waals surface area contributed by atoms with Gasteiger partial charge in [0.25, 0.3) is 0 Å². The van der Waals surface area contributed by atoms with Crippen molar-refractivity contribution in [1.29, 1.82) is 5.41 Å². The smallest absolute Gasteiger partial charge is 0.207 e. The molecule has 0 fully saturated rings. The molecule has 0 radical (unpaired) electrons. The molecule has 48 valence electrons. The first-order valence-corrected chi connectivity index (χ1v) is 2.23. The van der Waals surface area contributed by atoms with Gasteiger partial charge >= 0.3 is 0 Å². The maximum Gasteiger partial charge on any atom is 0.207 e. The average molecular weight is 119 g/mol. The van der Waals surface area contributed by atoms with Crippen molar-refractivity contribution in [1.82, 2.24) is 0 Å². The van der Waals surface area contributed by atoms with Gasteiger partial charge in [-0.2, -0.15) is 0 Å². The summed E-state index contributed by atoms with van der Waals surface area (Å²) in [4.78, 5) is 0. The molecule has 8 heavy (non-hydrogen) atoms. The minimum atomic E-state index is -0.403. The SMILES string of the molecule is N=C(CO)OCCO. The zero-order valence-corrected chi connectivity index (χ0v) is 4.42. The zero-order chi connectivity index (χ0) is 6.41. The van der Waals surface area contributed by atoms with E-state index in [0.29, 0.717) is 0 Å². The standard InChI is InChI=1S/C4H9NO3/c5-4(3-7)8-2-1-6/h5-7H,1-3H2. The van der Waals surface area contributed by atoms with Crippen LogP contribution in [0.25, 0.3) is 0 Å². The molecule has 0 atom stereocenters. The molecule has 4 nitrogen and oxygen atoms in total. The van der Waals surface area contributed by atoms with Crippen LogP contribution in [0.4, 0.5) is 0 Å². The fraction of sp³-hybridized carbons (Fsp3) is 0.750. The second-order valence-corrected chi connectivity index (χ2v) is 1.15. The molecule has 0 aromatic heterocycles. The fourth-order valence-electron chi connectivity index (χ4n) is 0.214. The molecule has 3 N–H and O–H groups in total. The molecule has 0 aromatic carbocycles. The Morgan fingerprint density at radius 2 is 2.12 bits per heavy atom. The zero-order valence-electron chi connectivity index (χ0n) is 4.42. The lowest BCUT2D eigenvalue weighted by Crippen LogP contribution is -2.10. The van der Waals surface area contributed by atoms with Crippen molar-refractivity contribution >= 4 is 5.90 Å². The molecule has 0 spiro atoms. The van der Waals surface area contributed by atoms with Crippen molar-refractivity contribution in [2.24, 2.45) is 0 Å². The Hall–Kier alpha value is -0.610. The van der Waals surface area contributed by atoms with Crippen LogP contribution in [0.1, 0.15) is 0 Å². The molecule has 0 aliphatic heterocycles. The summed E-state index contributed by atoms with van der Waals surface area (Å²) in [5.74, 6) is -0.209. The van der Waals surface area contributed by atoms with Gasteiger partial charge < -0.3 is 14.9 Å². The maximum absolute atomic E-state index is 8.13.